The van der Waals surface area contributed by atoms with E-state index in [0.29, 0.717) is 0 Å². The second kappa shape index (κ2) is 6.97. The van der Waals surface area contributed by atoms with Gasteiger partial charge in [-0.25, -0.2) is 0 Å². The number of aryl methyl sites for hydroxylation is 1. The maximum absolute atomic E-state index is 12.9. The van der Waals surface area contributed by atoms with Gasteiger partial charge < -0.3 is 14.8 Å². The maximum atomic E-state index is 12.9. The van der Waals surface area contributed by atoms with E-state index in [4.69, 9.17) is 0 Å². The van der Waals surface area contributed by atoms with Crippen molar-refractivity contribution in [1.29, 1.82) is 0 Å². The Morgan fingerprint density at radius 1 is 1.27 bits per heavy atom. The number of benzene rings is 1. The van der Waals surface area contributed by atoms with Gasteiger partial charge in [-0.1, -0.05) is 13.3 Å². The van der Waals surface area contributed by atoms with E-state index in [9.17, 15) is 4.79 Å². The van der Waals surface area contributed by atoms with Crippen molar-refractivity contribution in [3.63, 3.8) is 0 Å². The number of rotatable bonds is 6. The SMILES string of the molecule is CCCC[NH+](C)Cc1c(C)[nH]c2ccc(N(C)C)cc2c1=O. The molecule has 22 heavy (non-hydrogen) atoms. The average Bonchev–Trinajstić information content (AvgIpc) is 2.49. The van der Waals surface area contributed by atoms with Crippen LogP contribution in [0, 0.1) is 6.92 Å². The lowest BCUT2D eigenvalue weighted by Crippen LogP contribution is -3.07. The van der Waals surface area contributed by atoms with Gasteiger partial charge in [0.15, 0.2) is 5.43 Å². The third-order valence-electron chi connectivity index (χ3n) is 4.25. The highest BCUT2D eigenvalue weighted by Gasteiger charge is 2.14. The van der Waals surface area contributed by atoms with Crippen molar-refractivity contribution in [2.24, 2.45) is 0 Å². The summed E-state index contributed by atoms with van der Waals surface area (Å²) in [5.41, 5.74) is 4.05. The maximum Gasteiger partial charge on any atom is 0.198 e. The van der Waals surface area contributed by atoms with Gasteiger partial charge in [0.2, 0.25) is 0 Å². The summed E-state index contributed by atoms with van der Waals surface area (Å²) in [4.78, 5) is 19.7. The number of nitrogens with one attached hydrogen (secondary N) is 2. The number of nitrogens with zero attached hydrogens (tertiary/aromatic N) is 1. The normalized spacial score (nSPS) is 12.6. The Bertz CT molecular complexity index is 703. The van der Waals surface area contributed by atoms with E-state index in [1.807, 2.05) is 44.1 Å². The van der Waals surface area contributed by atoms with Gasteiger partial charge in [0.1, 0.15) is 6.54 Å². The van der Waals surface area contributed by atoms with E-state index in [0.717, 1.165) is 40.9 Å². The van der Waals surface area contributed by atoms with Crippen LogP contribution < -0.4 is 15.2 Å². The lowest BCUT2D eigenvalue weighted by molar-refractivity contribution is -0.894. The summed E-state index contributed by atoms with van der Waals surface area (Å²) in [6.07, 6.45) is 2.39. The molecule has 2 N–H and O–H groups in total. The van der Waals surface area contributed by atoms with Crippen LogP contribution in [0.3, 0.4) is 0 Å². The van der Waals surface area contributed by atoms with Crippen LogP contribution in [-0.2, 0) is 6.54 Å². The second-order valence-electron chi connectivity index (χ2n) is 6.42. The van der Waals surface area contributed by atoms with Crippen molar-refractivity contribution in [2.45, 2.75) is 33.2 Å². The highest BCUT2D eigenvalue weighted by Crippen LogP contribution is 2.18. The molecule has 2 aromatic rings. The zero-order valence-corrected chi connectivity index (χ0v) is 14.4. The molecule has 1 aromatic carbocycles. The number of pyridine rings is 1. The quantitative estimate of drug-likeness (QED) is 0.853. The Labute approximate surface area is 132 Å². The molecule has 1 unspecified atom stereocenters. The lowest BCUT2D eigenvalue weighted by Gasteiger charge is -2.16. The minimum Gasteiger partial charge on any atom is -0.378 e. The molecule has 1 aromatic heterocycles. The molecule has 0 saturated heterocycles. The summed E-state index contributed by atoms with van der Waals surface area (Å²) in [6.45, 7) is 6.09. The minimum absolute atomic E-state index is 0.172. The molecule has 4 nitrogen and oxygen atoms in total. The molecular weight excluding hydrogens is 274 g/mol. The number of unbranched alkanes of at least 4 members (excludes halogenated alkanes) is 1. The zero-order valence-electron chi connectivity index (χ0n) is 14.4. The van der Waals surface area contributed by atoms with Gasteiger partial charge in [-0.3, -0.25) is 4.79 Å². The predicted octanol–water partition coefficient (Wildman–Crippen LogP) is 1.72. The fourth-order valence-electron chi connectivity index (χ4n) is 2.80. The van der Waals surface area contributed by atoms with Crippen LogP contribution in [0.5, 0.6) is 0 Å². The standard InChI is InChI=1S/C18H27N3O/c1-6-7-10-21(5)12-16-13(2)19-17-9-8-14(20(3)4)11-15(17)18(16)22/h8-9,11H,6-7,10,12H2,1-5H3,(H,19,22)/p+1. The van der Waals surface area contributed by atoms with E-state index in [1.165, 1.54) is 17.7 Å². The van der Waals surface area contributed by atoms with Crippen molar-refractivity contribution in [3.8, 4) is 0 Å². The van der Waals surface area contributed by atoms with Gasteiger partial charge in [-0.05, 0) is 31.5 Å². The Kier molecular flexibility index (Phi) is 5.24. The molecule has 0 aliphatic heterocycles. The Balaban J connectivity index is 2.44. The number of hydrogen-bond donors (Lipinski definition) is 2. The first-order valence-corrected chi connectivity index (χ1v) is 8.08. The van der Waals surface area contributed by atoms with Gasteiger partial charge >= 0.3 is 0 Å². The molecule has 4 heteroatoms. The van der Waals surface area contributed by atoms with Gasteiger partial charge in [-0.15, -0.1) is 0 Å². The number of H-pyrrole nitrogens is 1. The van der Waals surface area contributed by atoms with E-state index in [2.05, 4.69) is 19.0 Å². The Hall–Kier alpha value is -1.81. The van der Waals surface area contributed by atoms with Crippen LogP contribution in [0.1, 0.15) is 31.0 Å². The molecule has 0 amide bonds. The summed E-state index contributed by atoms with van der Waals surface area (Å²) < 4.78 is 0. The predicted molar refractivity (Wildman–Crippen MR) is 94.0 cm³/mol. The summed E-state index contributed by atoms with van der Waals surface area (Å²) in [5, 5.41) is 0.787. The molecule has 0 fully saturated rings. The lowest BCUT2D eigenvalue weighted by atomic mass is 10.1. The van der Waals surface area contributed by atoms with Crippen LogP contribution in [0.25, 0.3) is 10.9 Å². The van der Waals surface area contributed by atoms with Crippen LogP contribution in [0.4, 0.5) is 5.69 Å². The second-order valence-corrected chi connectivity index (χ2v) is 6.42. The highest BCUT2D eigenvalue weighted by molar-refractivity contribution is 5.83. The summed E-state index contributed by atoms with van der Waals surface area (Å²) >= 11 is 0. The monoisotopic (exact) mass is 302 g/mol. The fourth-order valence-corrected chi connectivity index (χ4v) is 2.80. The molecule has 0 saturated carbocycles. The third-order valence-corrected chi connectivity index (χ3v) is 4.25. The number of hydrogen-bond acceptors (Lipinski definition) is 2. The van der Waals surface area contributed by atoms with Gasteiger partial charge in [0, 0.05) is 36.4 Å². The topological polar surface area (TPSA) is 40.5 Å². The molecule has 0 aliphatic rings. The molecule has 0 spiro atoms. The summed E-state index contributed by atoms with van der Waals surface area (Å²) in [6, 6.07) is 6.02. The molecule has 0 bridgehead atoms. The minimum atomic E-state index is 0.172. The van der Waals surface area contributed by atoms with Gasteiger partial charge in [-0.2, -0.15) is 0 Å². The third kappa shape index (κ3) is 3.50. The molecule has 0 radical (unpaired) electrons. The summed E-state index contributed by atoms with van der Waals surface area (Å²) in [5.74, 6) is 0. The van der Waals surface area contributed by atoms with Crippen LogP contribution in [0.2, 0.25) is 0 Å². The first-order chi connectivity index (χ1) is 10.4. The largest absolute Gasteiger partial charge is 0.378 e. The van der Waals surface area contributed by atoms with E-state index >= 15 is 0 Å². The molecule has 120 valence electrons. The zero-order chi connectivity index (χ0) is 16.3. The molecular formula is C18H28N3O+. The molecule has 1 heterocycles. The van der Waals surface area contributed by atoms with Crippen LogP contribution >= 0.6 is 0 Å². The van der Waals surface area contributed by atoms with E-state index in [1.54, 1.807) is 0 Å². The van der Waals surface area contributed by atoms with Crippen molar-refractivity contribution in [2.75, 3.05) is 32.6 Å². The molecule has 0 aliphatic carbocycles. The average molecular weight is 302 g/mol. The Morgan fingerprint density at radius 3 is 2.64 bits per heavy atom. The first-order valence-electron chi connectivity index (χ1n) is 8.08. The number of anilines is 1. The molecule has 1 atom stereocenters. The number of aromatic amines is 1. The van der Waals surface area contributed by atoms with Crippen LogP contribution in [0.15, 0.2) is 23.0 Å². The van der Waals surface area contributed by atoms with E-state index in [-0.39, 0.29) is 5.43 Å². The van der Waals surface area contributed by atoms with Gasteiger partial charge in [0.05, 0.1) is 19.2 Å². The van der Waals surface area contributed by atoms with Crippen molar-refractivity contribution in [3.05, 3.63) is 39.7 Å². The number of quaternary nitrogens is 1. The van der Waals surface area contributed by atoms with Gasteiger partial charge in [0.25, 0.3) is 0 Å². The fraction of sp³-hybridized carbons (Fsp3) is 0.500. The van der Waals surface area contributed by atoms with Crippen molar-refractivity contribution < 1.29 is 4.90 Å². The number of fused-ring (bicyclic) bond motifs is 1. The number of aromatic nitrogens is 1. The van der Waals surface area contributed by atoms with Crippen molar-refractivity contribution in [1.82, 2.24) is 4.98 Å². The highest BCUT2D eigenvalue weighted by atomic mass is 16.1. The summed E-state index contributed by atoms with van der Waals surface area (Å²) in [7, 11) is 6.15. The van der Waals surface area contributed by atoms with Crippen LogP contribution in [-0.4, -0.2) is 32.7 Å². The first kappa shape index (κ1) is 16.6. The van der Waals surface area contributed by atoms with Crippen molar-refractivity contribution >= 4 is 16.6 Å². The molecule has 2 rings (SSSR count). The Morgan fingerprint density at radius 2 is 2.00 bits per heavy atom. The van der Waals surface area contributed by atoms with E-state index < -0.39 is 0 Å². The smallest absolute Gasteiger partial charge is 0.198 e.